The second-order valence-corrected chi connectivity index (χ2v) is 5.04. The van der Waals surface area contributed by atoms with Crippen LogP contribution in [0.1, 0.15) is 57.4 Å². The van der Waals surface area contributed by atoms with Crippen LogP contribution in [0.3, 0.4) is 0 Å². The molecule has 110 valence electrons. The highest BCUT2D eigenvalue weighted by Gasteiger charge is 1.98. The van der Waals surface area contributed by atoms with Crippen LogP contribution in [0.2, 0.25) is 0 Å². The summed E-state index contributed by atoms with van der Waals surface area (Å²) in [7, 11) is 0. The summed E-state index contributed by atoms with van der Waals surface area (Å²) in [6.45, 7) is 2.19. The van der Waals surface area contributed by atoms with Crippen molar-refractivity contribution in [2.45, 2.75) is 58.3 Å². The van der Waals surface area contributed by atoms with Gasteiger partial charge in [-0.1, -0.05) is 62.9 Å². The van der Waals surface area contributed by atoms with Gasteiger partial charge in [0.15, 0.2) is 0 Å². The number of rotatable bonds is 10. The van der Waals surface area contributed by atoms with E-state index in [-0.39, 0.29) is 5.91 Å². The lowest BCUT2D eigenvalue weighted by Gasteiger charge is -2.00. The van der Waals surface area contributed by atoms with Crippen molar-refractivity contribution in [3.8, 4) is 0 Å². The first-order valence-electron chi connectivity index (χ1n) is 7.67. The molecule has 0 aliphatic rings. The second kappa shape index (κ2) is 11.2. The van der Waals surface area contributed by atoms with Gasteiger partial charge in [0.25, 0.3) is 0 Å². The van der Waals surface area contributed by atoms with Crippen molar-refractivity contribution in [2.24, 2.45) is 5.10 Å². The summed E-state index contributed by atoms with van der Waals surface area (Å²) in [5, 5.41) is 3.98. The predicted octanol–water partition coefficient (Wildman–Crippen LogP) is 4.08. The lowest BCUT2D eigenvalue weighted by molar-refractivity contribution is -0.121. The molecule has 20 heavy (non-hydrogen) atoms. The largest absolute Gasteiger partial charge is 0.273 e. The van der Waals surface area contributed by atoms with E-state index in [9.17, 15) is 4.79 Å². The molecule has 0 radical (unpaired) electrons. The van der Waals surface area contributed by atoms with Crippen molar-refractivity contribution in [1.29, 1.82) is 0 Å². The maximum atomic E-state index is 11.5. The number of hydrogen-bond acceptors (Lipinski definition) is 2. The van der Waals surface area contributed by atoms with Crippen molar-refractivity contribution in [3.05, 3.63) is 35.9 Å². The molecule has 0 aliphatic carbocycles. The van der Waals surface area contributed by atoms with Crippen LogP contribution in [0.4, 0.5) is 0 Å². The molecule has 0 bridgehead atoms. The Morgan fingerprint density at radius 3 is 2.65 bits per heavy atom. The fourth-order valence-corrected chi connectivity index (χ4v) is 2.00. The van der Waals surface area contributed by atoms with E-state index in [2.05, 4.69) is 29.6 Å². The minimum atomic E-state index is 0.0254. The molecule has 3 heteroatoms. The number of carbonyl (C=O) groups excluding carboxylic acids is 1. The zero-order valence-corrected chi connectivity index (χ0v) is 12.5. The minimum Gasteiger partial charge on any atom is -0.273 e. The third-order valence-electron chi connectivity index (χ3n) is 3.19. The SMILES string of the molecule is CCCCCCCC(=O)NN=CCCc1ccccc1. The summed E-state index contributed by atoms with van der Waals surface area (Å²) in [5.74, 6) is 0.0254. The Labute approximate surface area is 122 Å². The molecule has 0 atom stereocenters. The van der Waals surface area contributed by atoms with Crippen molar-refractivity contribution < 1.29 is 4.79 Å². The smallest absolute Gasteiger partial charge is 0.240 e. The number of hydrogen-bond donors (Lipinski definition) is 1. The normalized spacial score (nSPS) is 10.8. The average Bonchev–Trinajstić information content (AvgIpc) is 2.48. The molecule has 1 rings (SSSR count). The van der Waals surface area contributed by atoms with Crippen LogP contribution in [0.15, 0.2) is 35.4 Å². The summed E-state index contributed by atoms with van der Waals surface area (Å²) in [4.78, 5) is 11.5. The third-order valence-corrected chi connectivity index (χ3v) is 3.19. The zero-order chi connectivity index (χ0) is 14.5. The number of nitrogens with zero attached hydrogens (tertiary/aromatic N) is 1. The van der Waals surface area contributed by atoms with E-state index in [0.717, 1.165) is 25.7 Å². The molecule has 1 N–H and O–H groups in total. The average molecular weight is 274 g/mol. The monoisotopic (exact) mass is 274 g/mol. The molecule has 0 aliphatic heterocycles. The van der Waals surface area contributed by atoms with Gasteiger partial charge in [0.2, 0.25) is 5.91 Å². The van der Waals surface area contributed by atoms with Crippen molar-refractivity contribution in [1.82, 2.24) is 5.43 Å². The molecule has 0 saturated heterocycles. The van der Waals surface area contributed by atoms with Gasteiger partial charge in [0, 0.05) is 12.6 Å². The van der Waals surface area contributed by atoms with E-state index >= 15 is 0 Å². The standard InChI is InChI=1S/C17H26N2O/c1-2-3-4-5-9-14-17(20)19-18-15-10-13-16-11-7-6-8-12-16/h6-8,11-12,15H,2-5,9-10,13-14H2,1H3,(H,19,20). The first kappa shape index (κ1) is 16.4. The van der Waals surface area contributed by atoms with Gasteiger partial charge >= 0.3 is 0 Å². The van der Waals surface area contributed by atoms with Crippen molar-refractivity contribution in [3.63, 3.8) is 0 Å². The molecule has 0 saturated carbocycles. The molecule has 0 fully saturated rings. The molecule has 0 spiro atoms. The van der Waals surface area contributed by atoms with E-state index < -0.39 is 0 Å². The lowest BCUT2D eigenvalue weighted by Crippen LogP contribution is -2.16. The molecular weight excluding hydrogens is 248 g/mol. The van der Waals surface area contributed by atoms with Crippen LogP contribution in [-0.4, -0.2) is 12.1 Å². The first-order valence-corrected chi connectivity index (χ1v) is 7.67. The van der Waals surface area contributed by atoms with Crippen LogP contribution in [0, 0.1) is 0 Å². The van der Waals surface area contributed by atoms with Crippen LogP contribution >= 0.6 is 0 Å². The Morgan fingerprint density at radius 1 is 1.15 bits per heavy atom. The number of amides is 1. The van der Waals surface area contributed by atoms with E-state index in [1.807, 2.05) is 18.2 Å². The van der Waals surface area contributed by atoms with Crippen molar-refractivity contribution in [2.75, 3.05) is 0 Å². The lowest BCUT2D eigenvalue weighted by atomic mass is 10.1. The van der Waals surface area contributed by atoms with Crippen molar-refractivity contribution >= 4 is 12.1 Å². The Balaban J connectivity index is 2.01. The van der Waals surface area contributed by atoms with Gasteiger partial charge in [-0.15, -0.1) is 0 Å². The third kappa shape index (κ3) is 8.46. The molecule has 1 aromatic rings. The summed E-state index contributed by atoms with van der Waals surface area (Å²) < 4.78 is 0. The van der Waals surface area contributed by atoms with Gasteiger partial charge in [-0.05, 0) is 24.8 Å². The molecular formula is C17H26N2O. The number of aryl methyl sites for hydroxylation is 1. The number of benzene rings is 1. The summed E-state index contributed by atoms with van der Waals surface area (Å²) in [6, 6.07) is 10.3. The van der Waals surface area contributed by atoms with Crippen LogP contribution in [-0.2, 0) is 11.2 Å². The number of unbranched alkanes of at least 4 members (excludes halogenated alkanes) is 4. The Bertz CT molecular complexity index is 387. The van der Waals surface area contributed by atoms with Gasteiger partial charge < -0.3 is 0 Å². The van der Waals surface area contributed by atoms with E-state index in [0.29, 0.717) is 6.42 Å². The quantitative estimate of drug-likeness (QED) is 0.390. The number of carbonyl (C=O) groups is 1. The molecule has 1 amide bonds. The van der Waals surface area contributed by atoms with Gasteiger partial charge in [-0.3, -0.25) is 4.79 Å². The fourth-order valence-electron chi connectivity index (χ4n) is 2.00. The maximum Gasteiger partial charge on any atom is 0.240 e. The van der Waals surface area contributed by atoms with E-state index in [4.69, 9.17) is 0 Å². The number of nitrogens with one attached hydrogen (secondary N) is 1. The molecule has 0 aromatic heterocycles. The Morgan fingerprint density at radius 2 is 1.90 bits per heavy atom. The van der Waals surface area contributed by atoms with Crippen LogP contribution in [0.5, 0.6) is 0 Å². The first-order chi connectivity index (χ1) is 9.83. The maximum absolute atomic E-state index is 11.5. The van der Waals surface area contributed by atoms with Gasteiger partial charge in [0.05, 0.1) is 0 Å². The number of hydrazone groups is 1. The molecule has 3 nitrogen and oxygen atoms in total. The minimum absolute atomic E-state index is 0.0254. The Kier molecular flexibility index (Phi) is 9.20. The highest BCUT2D eigenvalue weighted by atomic mass is 16.2. The second-order valence-electron chi connectivity index (χ2n) is 5.04. The molecule has 0 unspecified atom stereocenters. The highest BCUT2D eigenvalue weighted by Crippen LogP contribution is 2.04. The van der Waals surface area contributed by atoms with E-state index in [1.54, 1.807) is 6.21 Å². The van der Waals surface area contributed by atoms with E-state index in [1.165, 1.54) is 24.8 Å². The molecule has 1 aromatic carbocycles. The topological polar surface area (TPSA) is 41.5 Å². The Hall–Kier alpha value is -1.64. The van der Waals surface area contributed by atoms with Gasteiger partial charge in [-0.25, -0.2) is 5.43 Å². The molecule has 0 heterocycles. The van der Waals surface area contributed by atoms with Crippen LogP contribution < -0.4 is 5.43 Å². The summed E-state index contributed by atoms with van der Waals surface area (Å²) in [5.41, 5.74) is 3.88. The van der Waals surface area contributed by atoms with Gasteiger partial charge in [0.1, 0.15) is 0 Å². The highest BCUT2D eigenvalue weighted by molar-refractivity contribution is 5.76. The predicted molar refractivity (Wildman–Crippen MR) is 84.8 cm³/mol. The summed E-state index contributed by atoms with van der Waals surface area (Å²) in [6.07, 6.45) is 9.99. The summed E-state index contributed by atoms with van der Waals surface area (Å²) >= 11 is 0. The van der Waals surface area contributed by atoms with Gasteiger partial charge in [-0.2, -0.15) is 5.10 Å². The zero-order valence-electron chi connectivity index (χ0n) is 12.5. The fraction of sp³-hybridized carbons (Fsp3) is 0.529. The van der Waals surface area contributed by atoms with Crippen LogP contribution in [0.25, 0.3) is 0 Å².